The third-order valence-electron chi connectivity index (χ3n) is 7.89. The van der Waals surface area contributed by atoms with Gasteiger partial charge in [-0.25, -0.2) is 0 Å². The van der Waals surface area contributed by atoms with E-state index in [2.05, 4.69) is 11.4 Å². The van der Waals surface area contributed by atoms with E-state index in [-0.39, 0.29) is 36.7 Å². The average Bonchev–Trinajstić information content (AvgIpc) is 3.25. The highest BCUT2D eigenvalue weighted by molar-refractivity contribution is 6.06. The quantitative estimate of drug-likeness (QED) is 0.539. The van der Waals surface area contributed by atoms with E-state index in [9.17, 15) is 14.4 Å². The number of benzene rings is 2. The van der Waals surface area contributed by atoms with Gasteiger partial charge in [0.2, 0.25) is 0 Å². The summed E-state index contributed by atoms with van der Waals surface area (Å²) < 4.78 is 11.0. The number of esters is 2. The van der Waals surface area contributed by atoms with Crippen LogP contribution in [0.15, 0.2) is 54.6 Å². The van der Waals surface area contributed by atoms with Gasteiger partial charge in [-0.15, -0.1) is 0 Å². The SMILES string of the molecule is CC[C@@]1(C(=O)OC)C(=O)CCN2[C@H](C(=O)OCc3ccccc3)CC3c4ccccc4NC3[C@@H]21. The second-order valence-electron chi connectivity index (χ2n) is 9.38. The van der Waals surface area contributed by atoms with Gasteiger partial charge in [0, 0.05) is 24.6 Å². The van der Waals surface area contributed by atoms with Crippen molar-refractivity contribution in [2.75, 3.05) is 19.0 Å². The molecule has 0 aliphatic carbocycles. The Morgan fingerprint density at radius 3 is 2.59 bits per heavy atom. The highest BCUT2D eigenvalue weighted by Crippen LogP contribution is 2.52. The number of hydrogen-bond donors (Lipinski definition) is 1. The molecule has 3 aliphatic heterocycles. The number of Topliss-reactive ketones (excluding diaryl/α,β-unsaturated/α-hetero) is 1. The second-order valence-corrected chi connectivity index (χ2v) is 9.38. The van der Waals surface area contributed by atoms with Crippen molar-refractivity contribution in [3.05, 3.63) is 65.7 Å². The molecule has 0 aromatic heterocycles. The molecule has 0 saturated carbocycles. The van der Waals surface area contributed by atoms with Crippen molar-refractivity contribution in [2.24, 2.45) is 5.41 Å². The van der Waals surface area contributed by atoms with Crippen LogP contribution in [-0.4, -0.2) is 54.4 Å². The maximum atomic E-state index is 13.5. The van der Waals surface area contributed by atoms with Crippen LogP contribution in [0.25, 0.3) is 0 Å². The molecule has 0 amide bonds. The van der Waals surface area contributed by atoms with Crippen molar-refractivity contribution in [3.63, 3.8) is 0 Å². The zero-order chi connectivity index (χ0) is 23.9. The van der Waals surface area contributed by atoms with Crippen LogP contribution >= 0.6 is 0 Å². The molecule has 5 atom stereocenters. The minimum atomic E-state index is -1.33. The molecule has 178 valence electrons. The van der Waals surface area contributed by atoms with Crippen LogP contribution in [0.1, 0.15) is 43.2 Å². The number of para-hydroxylation sites is 1. The fourth-order valence-corrected chi connectivity index (χ4v) is 6.30. The maximum absolute atomic E-state index is 13.5. The van der Waals surface area contributed by atoms with E-state index >= 15 is 0 Å². The van der Waals surface area contributed by atoms with Gasteiger partial charge in [-0.2, -0.15) is 0 Å². The Labute approximate surface area is 199 Å². The summed E-state index contributed by atoms with van der Waals surface area (Å²) in [7, 11) is 1.33. The molecule has 0 bridgehead atoms. The Balaban J connectivity index is 1.53. The summed E-state index contributed by atoms with van der Waals surface area (Å²) in [4.78, 5) is 42.1. The molecule has 3 aliphatic rings. The maximum Gasteiger partial charge on any atom is 0.323 e. The summed E-state index contributed by atoms with van der Waals surface area (Å²) in [5, 5.41) is 3.59. The molecule has 1 N–H and O–H groups in total. The van der Waals surface area contributed by atoms with E-state index in [0.29, 0.717) is 19.4 Å². The molecule has 2 saturated heterocycles. The summed E-state index contributed by atoms with van der Waals surface area (Å²) >= 11 is 0. The largest absolute Gasteiger partial charge is 0.468 e. The van der Waals surface area contributed by atoms with Crippen molar-refractivity contribution < 1.29 is 23.9 Å². The summed E-state index contributed by atoms with van der Waals surface area (Å²) in [6.07, 6.45) is 1.08. The number of carbonyl (C=O) groups excluding carboxylic acids is 3. The van der Waals surface area contributed by atoms with E-state index < -0.39 is 23.5 Å². The van der Waals surface area contributed by atoms with Crippen LogP contribution in [0.5, 0.6) is 0 Å². The number of carbonyl (C=O) groups is 3. The Morgan fingerprint density at radius 1 is 1.12 bits per heavy atom. The van der Waals surface area contributed by atoms with Crippen molar-refractivity contribution in [3.8, 4) is 0 Å². The first kappa shape index (κ1) is 22.6. The monoisotopic (exact) mass is 462 g/mol. The van der Waals surface area contributed by atoms with Crippen LogP contribution in [0.4, 0.5) is 5.69 Å². The minimum Gasteiger partial charge on any atom is -0.468 e. The van der Waals surface area contributed by atoms with Crippen molar-refractivity contribution >= 4 is 23.4 Å². The van der Waals surface area contributed by atoms with Gasteiger partial charge in [0.05, 0.1) is 19.2 Å². The second kappa shape index (κ2) is 8.87. The van der Waals surface area contributed by atoms with Gasteiger partial charge < -0.3 is 14.8 Å². The number of fused-ring (bicyclic) bond motifs is 5. The van der Waals surface area contributed by atoms with Gasteiger partial charge in [0.1, 0.15) is 18.1 Å². The summed E-state index contributed by atoms with van der Waals surface area (Å²) in [5.74, 6) is -0.975. The van der Waals surface area contributed by atoms with Gasteiger partial charge in [-0.3, -0.25) is 19.3 Å². The van der Waals surface area contributed by atoms with Crippen LogP contribution in [0, 0.1) is 5.41 Å². The molecule has 7 nitrogen and oxygen atoms in total. The molecule has 0 spiro atoms. The predicted octanol–water partition coefficient (Wildman–Crippen LogP) is 3.29. The highest BCUT2D eigenvalue weighted by atomic mass is 16.5. The zero-order valence-corrected chi connectivity index (χ0v) is 19.5. The van der Waals surface area contributed by atoms with Gasteiger partial charge in [-0.1, -0.05) is 55.5 Å². The Bertz CT molecular complexity index is 1090. The molecule has 2 aromatic carbocycles. The number of nitrogens with zero attached hydrogens (tertiary/aromatic N) is 1. The van der Waals surface area contributed by atoms with Crippen molar-refractivity contribution in [2.45, 2.75) is 56.8 Å². The van der Waals surface area contributed by atoms with E-state index in [1.165, 1.54) is 7.11 Å². The van der Waals surface area contributed by atoms with Gasteiger partial charge in [-0.05, 0) is 30.0 Å². The normalized spacial score (nSPS) is 29.9. The fraction of sp³-hybridized carbons (Fsp3) is 0.444. The number of piperidine rings is 2. The standard InChI is InChI=1S/C27H30N2O5/c1-3-27(26(32)33-2)22(30)13-14-29-21(25(31)34-16-17-9-5-4-6-10-17)15-19-18-11-7-8-12-20(18)28-23(19)24(27)29/h4-12,19,21,23-24,28H,3,13-16H2,1-2H3/t19?,21-,23?,24+,27+/m0/s1. The number of hydrogen-bond acceptors (Lipinski definition) is 7. The topological polar surface area (TPSA) is 84.9 Å². The molecule has 0 radical (unpaired) electrons. The van der Waals surface area contributed by atoms with E-state index in [4.69, 9.17) is 9.47 Å². The van der Waals surface area contributed by atoms with Crippen LogP contribution in [0.2, 0.25) is 0 Å². The molecule has 5 rings (SSSR count). The van der Waals surface area contributed by atoms with Gasteiger partial charge >= 0.3 is 11.9 Å². The lowest BCUT2D eigenvalue weighted by Crippen LogP contribution is -2.71. The fourth-order valence-electron chi connectivity index (χ4n) is 6.30. The first-order valence-electron chi connectivity index (χ1n) is 11.9. The van der Waals surface area contributed by atoms with Gasteiger partial charge in [0.15, 0.2) is 5.78 Å². The number of ether oxygens (including phenoxy) is 2. The molecule has 7 heteroatoms. The lowest BCUT2D eigenvalue weighted by atomic mass is 9.62. The Hall–Kier alpha value is -3.19. The third kappa shape index (κ3) is 3.41. The summed E-state index contributed by atoms with van der Waals surface area (Å²) in [5.41, 5.74) is 1.69. The molecular weight excluding hydrogens is 432 g/mol. The van der Waals surface area contributed by atoms with Crippen molar-refractivity contribution in [1.29, 1.82) is 0 Å². The average molecular weight is 463 g/mol. The first-order valence-corrected chi connectivity index (χ1v) is 11.9. The van der Waals surface area contributed by atoms with Crippen LogP contribution in [-0.2, 0) is 30.5 Å². The number of rotatable bonds is 5. The number of anilines is 1. The van der Waals surface area contributed by atoms with E-state index in [1.54, 1.807) is 0 Å². The third-order valence-corrected chi connectivity index (χ3v) is 7.89. The lowest BCUT2D eigenvalue weighted by Gasteiger charge is -2.55. The smallest absolute Gasteiger partial charge is 0.323 e. The number of methoxy groups -OCH3 is 1. The molecule has 2 unspecified atom stereocenters. The molecular formula is C27H30N2O5. The molecule has 3 heterocycles. The van der Waals surface area contributed by atoms with Crippen molar-refractivity contribution in [1.82, 2.24) is 4.90 Å². The summed E-state index contributed by atoms with van der Waals surface area (Å²) in [6.45, 7) is 2.45. The molecule has 34 heavy (non-hydrogen) atoms. The molecule has 2 aromatic rings. The minimum absolute atomic E-state index is 0.0202. The number of ketones is 1. The molecule has 2 fully saturated rings. The highest BCUT2D eigenvalue weighted by Gasteiger charge is 2.64. The first-order chi connectivity index (χ1) is 16.5. The number of nitrogens with one attached hydrogen (secondary N) is 1. The van der Waals surface area contributed by atoms with Crippen LogP contribution in [0.3, 0.4) is 0 Å². The Kier molecular flexibility index (Phi) is 5.90. The summed E-state index contributed by atoms with van der Waals surface area (Å²) in [6, 6.07) is 16.4. The Morgan fingerprint density at radius 2 is 1.85 bits per heavy atom. The zero-order valence-electron chi connectivity index (χ0n) is 19.5. The lowest BCUT2D eigenvalue weighted by molar-refractivity contribution is -0.178. The predicted molar refractivity (Wildman–Crippen MR) is 126 cm³/mol. The van der Waals surface area contributed by atoms with E-state index in [0.717, 1.165) is 16.8 Å². The van der Waals surface area contributed by atoms with Gasteiger partial charge in [0.25, 0.3) is 0 Å². The van der Waals surface area contributed by atoms with E-state index in [1.807, 2.05) is 60.4 Å². The van der Waals surface area contributed by atoms with Crippen LogP contribution < -0.4 is 5.32 Å².